The lowest BCUT2D eigenvalue weighted by molar-refractivity contribution is 0.786. The molecular weight excluding hydrogens is 168 g/mol. The highest BCUT2D eigenvalue weighted by Gasteiger charge is 2.06. The van der Waals surface area contributed by atoms with E-state index in [1.165, 1.54) is 4.57 Å². The summed E-state index contributed by atoms with van der Waals surface area (Å²) in [4.78, 5) is 11.1. The predicted octanol–water partition coefficient (Wildman–Crippen LogP) is -0.334. The topological polar surface area (TPSA) is 96.4 Å². The average Bonchev–Trinajstić information content (AvgIpc) is 2.42. The molecule has 0 bridgehead atoms. The van der Waals surface area contributed by atoms with Gasteiger partial charge in [-0.3, -0.25) is 9.98 Å². The van der Waals surface area contributed by atoms with Crippen molar-refractivity contribution in [1.82, 2.24) is 19.5 Å². The van der Waals surface area contributed by atoms with E-state index in [0.717, 1.165) is 5.82 Å². The number of aromatic nitrogens is 4. The van der Waals surface area contributed by atoms with E-state index in [0.29, 0.717) is 17.0 Å². The average molecular weight is 178 g/mol. The molecule has 0 amide bonds. The molecule has 0 saturated heterocycles. The Labute approximate surface area is 73.9 Å². The first-order chi connectivity index (χ1) is 6.09. The lowest BCUT2D eigenvalue weighted by atomic mass is 10.5. The molecule has 2 rings (SSSR count). The molecule has 0 atom stereocenters. The SMILES string of the molecule is Cc1nc2nc(=N)n(C)c(N)c2[nH]1. The number of imidazole rings is 1. The number of hydrogen-bond acceptors (Lipinski definition) is 4. The van der Waals surface area contributed by atoms with Gasteiger partial charge in [0.1, 0.15) is 17.2 Å². The van der Waals surface area contributed by atoms with Gasteiger partial charge >= 0.3 is 0 Å². The zero-order valence-corrected chi connectivity index (χ0v) is 7.42. The molecule has 13 heavy (non-hydrogen) atoms. The number of nitrogens with two attached hydrogens (primary N) is 1. The van der Waals surface area contributed by atoms with Crippen LogP contribution in [0.4, 0.5) is 5.82 Å². The molecule has 0 radical (unpaired) electrons. The van der Waals surface area contributed by atoms with Crippen molar-refractivity contribution in [2.45, 2.75) is 6.92 Å². The van der Waals surface area contributed by atoms with Crippen LogP contribution in [0.15, 0.2) is 0 Å². The van der Waals surface area contributed by atoms with Gasteiger partial charge in [-0.15, -0.1) is 0 Å². The Morgan fingerprint density at radius 2 is 2.15 bits per heavy atom. The predicted molar refractivity (Wildman–Crippen MR) is 47.9 cm³/mol. The van der Waals surface area contributed by atoms with Crippen LogP contribution in [0.1, 0.15) is 5.82 Å². The number of fused-ring (bicyclic) bond motifs is 1. The van der Waals surface area contributed by atoms with Crippen LogP contribution in [-0.2, 0) is 7.05 Å². The molecule has 2 aromatic rings. The van der Waals surface area contributed by atoms with E-state index in [9.17, 15) is 0 Å². The monoisotopic (exact) mass is 178 g/mol. The van der Waals surface area contributed by atoms with Crippen LogP contribution in [0.2, 0.25) is 0 Å². The molecule has 0 aromatic carbocycles. The Morgan fingerprint density at radius 1 is 1.46 bits per heavy atom. The van der Waals surface area contributed by atoms with Gasteiger partial charge in [0.15, 0.2) is 5.65 Å². The number of hydrogen-bond donors (Lipinski definition) is 3. The summed E-state index contributed by atoms with van der Waals surface area (Å²) < 4.78 is 1.50. The number of nitrogens with one attached hydrogen (secondary N) is 2. The number of aryl methyl sites for hydroxylation is 1. The molecule has 6 heteroatoms. The summed E-state index contributed by atoms with van der Waals surface area (Å²) >= 11 is 0. The van der Waals surface area contributed by atoms with Gasteiger partial charge in [-0.05, 0) is 6.92 Å². The highest BCUT2D eigenvalue weighted by atomic mass is 15.1. The minimum absolute atomic E-state index is 0.108. The Hall–Kier alpha value is -1.85. The molecule has 0 saturated carbocycles. The summed E-state index contributed by atoms with van der Waals surface area (Å²) in [6, 6.07) is 0. The molecule has 0 fully saturated rings. The van der Waals surface area contributed by atoms with Crippen LogP contribution in [0.25, 0.3) is 11.2 Å². The van der Waals surface area contributed by atoms with Gasteiger partial charge in [0, 0.05) is 7.05 Å². The van der Waals surface area contributed by atoms with Crippen LogP contribution < -0.4 is 11.4 Å². The highest BCUT2D eigenvalue weighted by Crippen LogP contribution is 2.12. The number of anilines is 1. The molecule has 4 N–H and O–H groups in total. The summed E-state index contributed by atoms with van der Waals surface area (Å²) in [6.07, 6.45) is 0. The first-order valence-electron chi connectivity index (χ1n) is 3.83. The molecule has 0 aliphatic rings. The number of aromatic amines is 1. The Kier molecular flexibility index (Phi) is 1.39. The maximum absolute atomic E-state index is 7.47. The molecule has 0 aliphatic heterocycles. The molecule has 0 aliphatic carbocycles. The lowest BCUT2D eigenvalue weighted by Crippen LogP contribution is -2.22. The summed E-state index contributed by atoms with van der Waals surface area (Å²) in [5.41, 5.74) is 7.06. The Bertz CT molecular complexity index is 519. The fraction of sp³-hybridized carbons (Fsp3) is 0.286. The molecule has 0 spiro atoms. The summed E-state index contributed by atoms with van der Waals surface area (Å²) in [5.74, 6) is 1.23. The summed E-state index contributed by atoms with van der Waals surface area (Å²) in [7, 11) is 1.69. The van der Waals surface area contributed by atoms with E-state index in [1.54, 1.807) is 7.05 Å². The van der Waals surface area contributed by atoms with E-state index in [-0.39, 0.29) is 5.62 Å². The third-order valence-corrected chi connectivity index (χ3v) is 1.95. The van der Waals surface area contributed by atoms with Gasteiger partial charge in [0.25, 0.3) is 0 Å². The van der Waals surface area contributed by atoms with Crippen LogP contribution in [0.5, 0.6) is 0 Å². The van der Waals surface area contributed by atoms with E-state index in [4.69, 9.17) is 11.1 Å². The Balaban J connectivity index is 3.01. The van der Waals surface area contributed by atoms with Crippen LogP contribution in [0.3, 0.4) is 0 Å². The quantitative estimate of drug-likeness (QED) is 0.515. The van der Waals surface area contributed by atoms with Crippen LogP contribution in [-0.4, -0.2) is 19.5 Å². The van der Waals surface area contributed by atoms with Crippen molar-refractivity contribution in [3.8, 4) is 0 Å². The van der Waals surface area contributed by atoms with Gasteiger partial charge in [0.2, 0.25) is 5.62 Å². The van der Waals surface area contributed by atoms with Crippen molar-refractivity contribution in [2.24, 2.45) is 7.05 Å². The second-order valence-electron chi connectivity index (χ2n) is 2.90. The van der Waals surface area contributed by atoms with Gasteiger partial charge < -0.3 is 10.7 Å². The minimum Gasteiger partial charge on any atom is -0.383 e. The smallest absolute Gasteiger partial charge is 0.225 e. The number of rotatable bonds is 0. The second kappa shape index (κ2) is 2.32. The van der Waals surface area contributed by atoms with Crippen molar-refractivity contribution in [1.29, 1.82) is 5.41 Å². The zero-order chi connectivity index (χ0) is 9.59. The maximum atomic E-state index is 7.47. The van der Waals surface area contributed by atoms with E-state index >= 15 is 0 Å². The third-order valence-electron chi connectivity index (χ3n) is 1.95. The van der Waals surface area contributed by atoms with Crippen LogP contribution >= 0.6 is 0 Å². The minimum atomic E-state index is 0.108. The standard InChI is InChI=1S/C7H10N6/c1-3-10-4-5(8)13(2)7(9)12-6(4)11-3/h8H2,1-2H3,(H2,9,10,11,12). The molecule has 0 unspecified atom stereocenters. The molecule has 6 nitrogen and oxygen atoms in total. The lowest BCUT2D eigenvalue weighted by Gasteiger charge is -2.02. The molecule has 2 heterocycles. The van der Waals surface area contributed by atoms with Crippen molar-refractivity contribution in [3.05, 3.63) is 11.4 Å². The number of H-pyrrole nitrogens is 1. The van der Waals surface area contributed by atoms with Crippen molar-refractivity contribution in [2.75, 3.05) is 5.73 Å². The number of nitrogens with zero attached hydrogens (tertiary/aromatic N) is 3. The first kappa shape index (κ1) is 7.78. The van der Waals surface area contributed by atoms with Crippen molar-refractivity contribution < 1.29 is 0 Å². The molecular formula is C7H10N6. The molecule has 68 valence electrons. The zero-order valence-electron chi connectivity index (χ0n) is 7.42. The highest BCUT2D eigenvalue weighted by molar-refractivity contribution is 5.81. The van der Waals surface area contributed by atoms with E-state index in [1.807, 2.05) is 6.92 Å². The van der Waals surface area contributed by atoms with Gasteiger partial charge in [0.05, 0.1) is 0 Å². The first-order valence-corrected chi connectivity index (χ1v) is 3.83. The van der Waals surface area contributed by atoms with Gasteiger partial charge in [-0.25, -0.2) is 4.98 Å². The maximum Gasteiger partial charge on any atom is 0.225 e. The van der Waals surface area contributed by atoms with Gasteiger partial charge in [-0.1, -0.05) is 0 Å². The van der Waals surface area contributed by atoms with E-state index < -0.39 is 0 Å². The fourth-order valence-corrected chi connectivity index (χ4v) is 1.20. The molecule has 2 aromatic heterocycles. The normalized spacial score (nSPS) is 10.9. The van der Waals surface area contributed by atoms with Gasteiger partial charge in [-0.2, -0.15) is 4.98 Å². The van der Waals surface area contributed by atoms with E-state index in [2.05, 4.69) is 15.0 Å². The van der Waals surface area contributed by atoms with Crippen LogP contribution in [0, 0.1) is 12.3 Å². The summed E-state index contributed by atoms with van der Waals surface area (Å²) in [5, 5.41) is 7.47. The van der Waals surface area contributed by atoms with Crippen molar-refractivity contribution >= 4 is 17.0 Å². The second-order valence-corrected chi connectivity index (χ2v) is 2.90. The van der Waals surface area contributed by atoms with Crippen molar-refractivity contribution in [3.63, 3.8) is 0 Å². The fourth-order valence-electron chi connectivity index (χ4n) is 1.20. The number of nitrogen functional groups attached to an aromatic ring is 1. The third kappa shape index (κ3) is 0.986. The summed E-state index contributed by atoms with van der Waals surface area (Å²) in [6.45, 7) is 1.82. The largest absolute Gasteiger partial charge is 0.383 e. The Morgan fingerprint density at radius 3 is 2.85 bits per heavy atom.